The minimum atomic E-state index is -1.12. The number of aliphatic carboxylic acids is 1. The van der Waals surface area contributed by atoms with Crippen LogP contribution in [-0.4, -0.2) is 161 Å². The van der Waals surface area contributed by atoms with Gasteiger partial charge in [0.25, 0.3) is 41.3 Å². The summed E-state index contributed by atoms with van der Waals surface area (Å²) in [6.07, 6.45) is 16.1. The number of anilines is 4. The molecular formula is C94H90N22O17. The summed E-state index contributed by atoms with van der Waals surface area (Å²) >= 11 is 0. The topological polar surface area (TPSA) is 567 Å². The van der Waals surface area contributed by atoms with Crippen molar-refractivity contribution in [3.63, 3.8) is 0 Å². The molecule has 39 heteroatoms. The van der Waals surface area contributed by atoms with E-state index in [9.17, 15) is 47.9 Å². The molecule has 4 saturated carbocycles. The highest BCUT2D eigenvalue weighted by atomic mass is 16.5. The normalized spacial score (nSPS) is 12.9. The fourth-order valence-electron chi connectivity index (χ4n) is 13.5. The van der Waals surface area contributed by atoms with Gasteiger partial charge in [-0.25, -0.2) is 29.4 Å². The summed E-state index contributed by atoms with van der Waals surface area (Å²) in [6, 6.07) is 48.2. The second kappa shape index (κ2) is 40.4. The van der Waals surface area contributed by atoms with Crippen LogP contribution < -0.4 is 74.4 Å². The first kappa shape index (κ1) is 90.5. The Bertz CT molecular complexity index is 6550. The zero-order chi connectivity index (χ0) is 93.7. The van der Waals surface area contributed by atoms with Crippen LogP contribution in [0.2, 0.25) is 0 Å². The van der Waals surface area contributed by atoms with Gasteiger partial charge < -0.3 is 77.1 Å². The van der Waals surface area contributed by atoms with E-state index < -0.39 is 18.5 Å². The molecule has 0 bridgehead atoms. The molecule has 18 rings (SSSR count). The van der Waals surface area contributed by atoms with Crippen molar-refractivity contribution < 1.29 is 80.8 Å². The number of aryl methyl sites for hydroxylation is 4. The van der Waals surface area contributed by atoms with Crippen molar-refractivity contribution in [3.8, 4) is 45.7 Å². The number of aromatic nitrogens is 12. The van der Waals surface area contributed by atoms with E-state index in [1.54, 1.807) is 133 Å². The third kappa shape index (κ3) is 22.5. The number of hydrogen-bond donors (Lipinski definition) is 11. The Balaban J connectivity index is 0.000000135. The molecule has 4 aliphatic carbocycles. The average Bonchev–Trinajstić information content (AvgIpc) is 1.65. The van der Waals surface area contributed by atoms with Crippen LogP contribution in [0, 0.1) is 27.7 Å². The van der Waals surface area contributed by atoms with Crippen molar-refractivity contribution in [2.24, 2.45) is 5.84 Å². The summed E-state index contributed by atoms with van der Waals surface area (Å²) in [5.41, 5.74) is 37.4. The van der Waals surface area contributed by atoms with Crippen LogP contribution >= 0.6 is 0 Å². The predicted molar refractivity (Wildman–Crippen MR) is 481 cm³/mol. The molecule has 0 aliphatic heterocycles. The van der Waals surface area contributed by atoms with Gasteiger partial charge in [-0.3, -0.25) is 48.6 Å². The maximum Gasteiger partial charge on any atom is 0.341 e. The fourth-order valence-corrected chi connectivity index (χ4v) is 13.5. The van der Waals surface area contributed by atoms with E-state index in [1.165, 1.54) is 68.4 Å². The molecule has 0 radical (unpaired) electrons. The van der Waals surface area contributed by atoms with Gasteiger partial charge in [-0.1, -0.05) is 72.8 Å². The SMILES string of the molecule is Cc1ccc(C(=O)NC2CC2)cc1-n1ncc(C(=O)c2cccc(OCC(=O)NN)c2)c1N.Cc1ccc(C(=O)NC2CC2)cc1-n1ncc(C(=O)c2cccc(OCC(=O)O)c2)c1N.Cc1ccc(C(=O)NC2CC2)cc1-n1ncc(C(=O)c2cccc(OCc3nnco3)c2)c1N.Cc1ccc(C(=O)NC2CC2)cc1-n1ncc(C(=O)c2cccc(OCc3nnco3)c2)c1N. The van der Waals surface area contributed by atoms with E-state index in [0.29, 0.717) is 90.7 Å². The molecule has 6 aromatic heterocycles. The maximum absolute atomic E-state index is 13.2. The van der Waals surface area contributed by atoms with E-state index in [0.717, 1.165) is 73.6 Å². The van der Waals surface area contributed by atoms with Gasteiger partial charge in [-0.05, 0) is 198 Å². The van der Waals surface area contributed by atoms with Crippen molar-refractivity contribution in [2.75, 3.05) is 36.1 Å². The number of carbonyl (C=O) groups is 10. The molecule has 14 aromatic rings. The molecule has 0 saturated heterocycles. The summed E-state index contributed by atoms with van der Waals surface area (Å²) < 4.78 is 37.7. The van der Waals surface area contributed by atoms with Gasteiger partial charge in [-0.2, -0.15) is 20.4 Å². The number of nitrogen functional groups attached to an aromatic ring is 4. The number of nitrogens with zero attached hydrogens (tertiary/aromatic N) is 12. The molecule has 0 atom stereocenters. The molecule has 5 amide bonds. The average molecular weight is 1800 g/mol. The molecular weight excluding hydrogens is 1710 g/mol. The van der Waals surface area contributed by atoms with Gasteiger partial charge in [0, 0.05) is 68.7 Å². The van der Waals surface area contributed by atoms with Crippen molar-refractivity contribution in [1.82, 2.24) is 86.2 Å². The number of hydrogen-bond acceptors (Lipinski definition) is 29. The molecule has 6 heterocycles. The van der Waals surface area contributed by atoms with Crippen LogP contribution in [0.15, 0.2) is 216 Å². The Morgan fingerprint density at radius 3 is 0.865 bits per heavy atom. The third-order valence-electron chi connectivity index (χ3n) is 21.5. The van der Waals surface area contributed by atoms with E-state index in [4.69, 9.17) is 61.7 Å². The minimum Gasteiger partial charge on any atom is -0.484 e. The molecule has 678 valence electrons. The number of hydrazine groups is 1. The first-order chi connectivity index (χ1) is 64.2. The maximum atomic E-state index is 13.2. The highest BCUT2D eigenvalue weighted by Gasteiger charge is 2.31. The minimum absolute atomic E-state index is 0.0850. The predicted octanol–water partition coefficient (Wildman–Crippen LogP) is 9.30. The molecule has 0 spiro atoms. The Kier molecular flexibility index (Phi) is 27.5. The van der Waals surface area contributed by atoms with Gasteiger partial charge in [0.15, 0.2) is 49.6 Å². The lowest BCUT2D eigenvalue weighted by molar-refractivity contribution is -0.139. The zero-order valence-corrected chi connectivity index (χ0v) is 72.2. The molecule has 133 heavy (non-hydrogen) atoms. The Hall–Kier alpha value is -17.3. The summed E-state index contributed by atoms with van der Waals surface area (Å²) in [4.78, 5) is 124. The summed E-state index contributed by atoms with van der Waals surface area (Å²) in [5.74, 6) is 4.35. The second-order valence-electron chi connectivity index (χ2n) is 31.6. The summed E-state index contributed by atoms with van der Waals surface area (Å²) in [6.45, 7) is 6.90. The van der Waals surface area contributed by atoms with Crippen LogP contribution in [0.5, 0.6) is 23.0 Å². The van der Waals surface area contributed by atoms with Crippen LogP contribution in [-0.2, 0) is 22.8 Å². The van der Waals surface area contributed by atoms with Gasteiger partial charge in [0.1, 0.15) is 46.3 Å². The number of nitrogens with two attached hydrogens (primary N) is 5. The number of benzene rings is 8. The Morgan fingerprint density at radius 1 is 0.361 bits per heavy atom. The van der Waals surface area contributed by atoms with Gasteiger partial charge in [0.2, 0.25) is 12.8 Å². The molecule has 4 fully saturated rings. The van der Waals surface area contributed by atoms with Crippen molar-refractivity contribution >= 4 is 81.9 Å². The number of ether oxygens (including phenoxy) is 4. The monoisotopic (exact) mass is 1800 g/mol. The quantitative estimate of drug-likeness (QED) is 0.00809. The number of carboxylic acid groups (broad SMARTS) is 1. The summed E-state index contributed by atoms with van der Waals surface area (Å²) in [5, 5.41) is 52.6. The second-order valence-corrected chi connectivity index (χ2v) is 31.6. The highest BCUT2D eigenvalue weighted by Crippen LogP contribution is 2.33. The van der Waals surface area contributed by atoms with Crippen LogP contribution in [0.3, 0.4) is 0 Å². The third-order valence-corrected chi connectivity index (χ3v) is 21.5. The van der Waals surface area contributed by atoms with Crippen LogP contribution in [0.25, 0.3) is 22.7 Å². The number of nitrogens with one attached hydrogen (secondary N) is 5. The largest absolute Gasteiger partial charge is 0.484 e. The number of carbonyl (C=O) groups excluding carboxylic acids is 9. The number of rotatable bonds is 32. The molecule has 39 nitrogen and oxygen atoms in total. The Labute approximate surface area is 757 Å². The zero-order valence-electron chi connectivity index (χ0n) is 72.2. The Morgan fingerprint density at radius 2 is 0.624 bits per heavy atom. The lowest BCUT2D eigenvalue weighted by Gasteiger charge is -2.11. The highest BCUT2D eigenvalue weighted by molar-refractivity contribution is 6.14. The van der Waals surface area contributed by atoms with Crippen LogP contribution in [0.1, 0.15) is 191 Å². The fraction of sp³-hybridized carbons (Fsp3) is 0.213. The van der Waals surface area contributed by atoms with Crippen molar-refractivity contribution in [3.05, 3.63) is 308 Å². The van der Waals surface area contributed by atoms with E-state index in [-0.39, 0.29) is 148 Å². The van der Waals surface area contributed by atoms with E-state index in [2.05, 4.69) is 62.1 Å². The lowest BCUT2D eigenvalue weighted by atomic mass is 10.1. The first-order valence-corrected chi connectivity index (χ1v) is 42.0. The van der Waals surface area contributed by atoms with Crippen molar-refractivity contribution in [1.29, 1.82) is 0 Å². The number of amides is 5. The molecule has 0 unspecified atom stereocenters. The molecule has 16 N–H and O–H groups in total. The number of carboxylic acids is 1. The molecule has 8 aromatic carbocycles. The lowest BCUT2D eigenvalue weighted by Crippen LogP contribution is -2.34. The van der Waals surface area contributed by atoms with Gasteiger partial charge in [0.05, 0.1) is 69.8 Å². The molecule has 4 aliphatic rings. The standard InChI is InChI=1S/2C24H22N6O4.C23H24N6O4.C23H22N4O5/c2*1-14-5-6-16(24(32)28-17-7-8-17)10-20(14)30-23(25)19(11-27-30)22(31)15-3-2-4-18(9-15)33-12-21-29-26-13-34-21;1-13-5-6-15(23(32)27-16-7-8-16)10-19(13)29-22(24)18(11-26-29)21(31)14-3-2-4-17(9-14)33-12-20(30)28-25;1-13-5-6-15(23(31)26-16-7-8-16)10-19(13)27-22(24)18(11-25-27)21(30)14-3-2-4-17(9-14)32-12-20(28)29/h2*2-6,9-11,13,17H,7-8,12,25H2,1H3,(H,28,32);2-6,9-11,16H,7-8,12,24-25H2,1H3,(H,27,32)(H,28,30);2-6,9-11,16H,7-8,12,24H2,1H3,(H,26,31)(H,28,29). The van der Waals surface area contributed by atoms with E-state index in [1.807, 2.05) is 57.4 Å². The van der Waals surface area contributed by atoms with Gasteiger partial charge in [-0.15, -0.1) is 20.4 Å². The number of ketones is 4. The summed E-state index contributed by atoms with van der Waals surface area (Å²) in [7, 11) is 0. The van der Waals surface area contributed by atoms with Gasteiger partial charge >= 0.3 is 5.97 Å². The first-order valence-electron chi connectivity index (χ1n) is 42.0. The smallest absolute Gasteiger partial charge is 0.341 e. The van der Waals surface area contributed by atoms with E-state index >= 15 is 0 Å². The van der Waals surface area contributed by atoms with Crippen LogP contribution in [0.4, 0.5) is 23.3 Å². The van der Waals surface area contributed by atoms with Crippen molar-refractivity contribution in [2.45, 2.75) is 116 Å².